The van der Waals surface area contributed by atoms with E-state index >= 15 is 0 Å². The molecule has 0 unspecified atom stereocenters. The Morgan fingerprint density at radius 3 is 2.35 bits per heavy atom. The van der Waals surface area contributed by atoms with Gasteiger partial charge in [0.25, 0.3) is 0 Å². The first-order valence-electron chi connectivity index (χ1n) is 8.91. The van der Waals surface area contributed by atoms with E-state index in [2.05, 4.69) is 44.2 Å². The summed E-state index contributed by atoms with van der Waals surface area (Å²) in [6.45, 7) is 4.85. The zero-order valence-electron chi connectivity index (χ0n) is 15.1. The Morgan fingerprint density at radius 1 is 0.885 bits per heavy atom. The van der Waals surface area contributed by atoms with Gasteiger partial charge in [-0.25, -0.2) is 0 Å². The van der Waals surface area contributed by atoms with Crippen molar-refractivity contribution in [3.05, 3.63) is 88.5 Å². The van der Waals surface area contributed by atoms with E-state index in [0.29, 0.717) is 6.61 Å². The second-order valence-electron chi connectivity index (χ2n) is 7.13. The maximum Gasteiger partial charge on any atom is 0.126 e. The Labute approximate surface area is 154 Å². The first-order chi connectivity index (χ1) is 12.5. The van der Waals surface area contributed by atoms with Crippen LogP contribution in [0.3, 0.4) is 0 Å². The normalized spacial score (nSPS) is 18.8. The van der Waals surface area contributed by atoms with E-state index < -0.39 is 0 Å². The van der Waals surface area contributed by atoms with Gasteiger partial charge in [0.05, 0.1) is 6.61 Å². The fraction of sp³-hybridized carbons (Fsp3) is 0.217. The van der Waals surface area contributed by atoms with E-state index in [0.717, 1.165) is 17.0 Å². The molecule has 3 N–H and O–H groups in total. The standard InChI is InChI=1S/C23H23NO2/c1-14-3-4-17(11-15(14)2)21-13-26-22-12-19(25)9-10-20(22)23(21)16-5-7-18(24)8-6-16/h3-12,21,23,25H,13,24H2,1-2H3/t21-,23-/m1/s1. The van der Waals surface area contributed by atoms with Crippen LogP contribution in [0.4, 0.5) is 5.69 Å². The predicted molar refractivity (Wildman–Crippen MR) is 105 cm³/mol. The Kier molecular flexibility index (Phi) is 4.08. The summed E-state index contributed by atoms with van der Waals surface area (Å²) >= 11 is 0. The van der Waals surface area contributed by atoms with Crippen LogP contribution in [0.1, 0.15) is 39.7 Å². The lowest BCUT2D eigenvalue weighted by Gasteiger charge is -2.35. The molecule has 1 aliphatic rings. The van der Waals surface area contributed by atoms with E-state index in [9.17, 15) is 5.11 Å². The van der Waals surface area contributed by atoms with Gasteiger partial charge in [0.15, 0.2) is 0 Å². The number of ether oxygens (including phenoxy) is 1. The second-order valence-corrected chi connectivity index (χ2v) is 7.13. The van der Waals surface area contributed by atoms with Gasteiger partial charge in [-0.3, -0.25) is 0 Å². The van der Waals surface area contributed by atoms with Gasteiger partial charge < -0.3 is 15.6 Å². The third kappa shape index (κ3) is 2.90. The van der Waals surface area contributed by atoms with E-state index in [1.807, 2.05) is 18.2 Å². The number of nitrogen functional groups attached to an aromatic ring is 1. The average Bonchev–Trinajstić information content (AvgIpc) is 2.64. The van der Waals surface area contributed by atoms with Gasteiger partial charge in [-0.15, -0.1) is 0 Å². The van der Waals surface area contributed by atoms with E-state index in [4.69, 9.17) is 10.5 Å². The molecule has 0 saturated heterocycles. The number of phenols is 1. The van der Waals surface area contributed by atoms with E-state index in [1.165, 1.54) is 22.3 Å². The molecule has 0 radical (unpaired) electrons. The number of benzene rings is 3. The molecule has 26 heavy (non-hydrogen) atoms. The smallest absolute Gasteiger partial charge is 0.126 e. The van der Waals surface area contributed by atoms with Crippen molar-refractivity contribution in [1.82, 2.24) is 0 Å². The van der Waals surface area contributed by atoms with Crippen molar-refractivity contribution in [1.29, 1.82) is 0 Å². The van der Waals surface area contributed by atoms with Crippen LogP contribution in [0.2, 0.25) is 0 Å². The lowest BCUT2D eigenvalue weighted by atomic mass is 9.75. The van der Waals surface area contributed by atoms with Crippen LogP contribution in [0.25, 0.3) is 0 Å². The minimum Gasteiger partial charge on any atom is -0.508 e. The minimum atomic E-state index is 0.155. The summed E-state index contributed by atoms with van der Waals surface area (Å²) in [4.78, 5) is 0. The Bertz CT molecular complexity index is 947. The summed E-state index contributed by atoms with van der Waals surface area (Å²) in [5, 5.41) is 9.83. The van der Waals surface area contributed by atoms with Crippen LogP contribution in [0.15, 0.2) is 60.7 Å². The Balaban J connectivity index is 1.86. The highest BCUT2D eigenvalue weighted by Gasteiger charge is 2.33. The molecule has 1 heterocycles. The quantitative estimate of drug-likeness (QED) is 0.650. The van der Waals surface area contributed by atoms with Gasteiger partial charge in [0.2, 0.25) is 0 Å². The van der Waals surface area contributed by atoms with Crippen molar-refractivity contribution in [2.24, 2.45) is 0 Å². The van der Waals surface area contributed by atoms with Gasteiger partial charge in [-0.1, -0.05) is 36.4 Å². The molecule has 3 heteroatoms. The number of hydrogen-bond donors (Lipinski definition) is 2. The SMILES string of the molecule is Cc1ccc([C@H]2COc3cc(O)ccc3[C@H]2c2ccc(N)cc2)cc1C. The number of nitrogens with two attached hydrogens (primary N) is 1. The molecule has 0 saturated carbocycles. The zero-order valence-corrected chi connectivity index (χ0v) is 15.1. The number of anilines is 1. The third-order valence-corrected chi connectivity index (χ3v) is 5.41. The van der Waals surface area contributed by atoms with Crippen LogP contribution < -0.4 is 10.5 Å². The molecule has 2 atom stereocenters. The summed E-state index contributed by atoms with van der Waals surface area (Å²) in [5.41, 5.74) is 12.8. The molecule has 3 nitrogen and oxygen atoms in total. The van der Waals surface area contributed by atoms with Crippen LogP contribution >= 0.6 is 0 Å². The van der Waals surface area contributed by atoms with Crippen molar-refractivity contribution in [3.8, 4) is 11.5 Å². The first-order valence-corrected chi connectivity index (χ1v) is 8.91. The molecule has 0 fully saturated rings. The van der Waals surface area contributed by atoms with Crippen LogP contribution in [-0.2, 0) is 0 Å². The number of fused-ring (bicyclic) bond motifs is 1. The lowest BCUT2D eigenvalue weighted by Crippen LogP contribution is -2.25. The Hall–Kier alpha value is -2.94. The number of aryl methyl sites for hydroxylation is 2. The average molecular weight is 345 g/mol. The topological polar surface area (TPSA) is 55.5 Å². The van der Waals surface area contributed by atoms with Gasteiger partial charge in [-0.2, -0.15) is 0 Å². The Morgan fingerprint density at radius 2 is 1.62 bits per heavy atom. The second kappa shape index (κ2) is 6.41. The van der Waals surface area contributed by atoms with Crippen molar-refractivity contribution >= 4 is 5.69 Å². The first kappa shape index (κ1) is 16.5. The van der Waals surface area contributed by atoms with Gasteiger partial charge in [0.1, 0.15) is 11.5 Å². The van der Waals surface area contributed by atoms with Crippen molar-refractivity contribution in [2.45, 2.75) is 25.7 Å². The fourth-order valence-electron chi connectivity index (χ4n) is 3.80. The summed E-state index contributed by atoms with van der Waals surface area (Å²) in [7, 11) is 0. The molecular weight excluding hydrogens is 322 g/mol. The summed E-state index contributed by atoms with van der Waals surface area (Å²) in [6.07, 6.45) is 0. The van der Waals surface area contributed by atoms with Gasteiger partial charge in [0, 0.05) is 29.2 Å². The molecule has 3 aromatic carbocycles. The molecule has 1 aliphatic heterocycles. The van der Waals surface area contributed by atoms with Gasteiger partial charge in [-0.05, 0) is 54.3 Å². The molecule has 4 rings (SSSR count). The highest BCUT2D eigenvalue weighted by atomic mass is 16.5. The zero-order chi connectivity index (χ0) is 18.3. The molecule has 0 amide bonds. The van der Waals surface area contributed by atoms with Crippen LogP contribution in [-0.4, -0.2) is 11.7 Å². The van der Waals surface area contributed by atoms with Gasteiger partial charge >= 0.3 is 0 Å². The molecule has 0 spiro atoms. The van der Waals surface area contributed by atoms with Crippen LogP contribution in [0.5, 0.6) is 11.5 Å². The maximum absolute atomic E-state index is 9.83. The molecule has 0 aromatic heterocycles. The molecular formula is C23H23NO2. The molecule has 0 bridgehead atoms. The lowest BCUT2D eigenvalue weighted by molar-refractivity contribution is 0.247. The van der Waals surface area contributed by atoms with E-state index in [1.54, 1.807) is 12.1 Å². The van der Waals surface area contributed by atoms with E-state index in [-0.39, 0.29) is 17.6 Å². The molecule has 0 aliphatic carbocycles. The van der Waals surface area contributed by atoms with Crippen molar-refractivity contribution in [3.63, 3.8) is 0 Å². The highest BCUT2D eigenvalue weighted by molar-refractivity contribution is 5.52. The number of hydrogen-bond acceptors (Lipinski definition) is 3. The number of phenolic OH excluding ortho intramolecular Hbond substituents is 1. The van der Waals surface area contributed by atoms with Crippen molar-refractivity contribution in [2.75, 3.05) is 12.3 Å². The third-order valence-electron chi connectivity index (χ3n) is 5.41. The molecule has 132 valence electrons. The van der Waals surface area contributed by atoms with Crippen molar-refractivity contribution < 1.29 is 9.84 Å². The summed E-state index contributed by atoms with van der Waals surface area (Å²) < 4.78 is 6.03. The largest absolute Gasteiger partial charge is 0.508 e. The monoisotopic (exact) mass is 345 g/mol. The molecule has 3 aromatic rings. The number of aromatic hydroxyl groups is 1. The highest BCUT2D eigenvalue weighted by Crippen LogP contribution is 2.47. The maximum atomic E-state index is 9.83. The predicted octanol–water partition coefficient (Wildman–Crippen LogP) is 4.90. The minimum absolute atomic E-state index is 0.155. The summed E-state index contributed by atoms with van der Waals surface area (Å²) in [5.74, 6) is 1.34. The fourth-order valence-corrected chi connectivity index (χ4v) is 3.80. The summed E-state index contributed by atoms with van der Waals surface area (Å²) in [6, 6.07) is 20.1. The number of rotatable bonds is 2. The van der Waals surface area contributed by atoms with Crippen LogP contribution in [0, 0.1) is 13.8 Å².